The van der Waals surface area contributed by atoms with Crippen LogP contribution in [0, 0.1) is 25.2 Å². The fourth-order valence-corrected chi connectivity index (χ4v) is 2.86. The predicted octanol–water partition coefficient (Wildman–Crippen LogP) is 3.71. The minimum atomic E-state index is 0.697. The van der Waals surface area contributed by atoms with Crippen molar-refractivity contribution in [1.29, 1.82) is 5.26 Å². The van der Waals surface area contributed by atoms with Crippen molar-refractivity contribution in [3.63, 3.8) is 0 Å². The average molecular weight is 265 g/mol. The van der Waals surface area contributed by atoms with Crippen molar-refractivity contribution >= 4 is 16.7 Å². The number of hydrogen-bond donors (Lipinski definition) is 0. The zero-order chi connectivity index (χ0) is 14.1. The monoisotopic (exact) mass is 265 g/mol. The fraction of sp³-hybridized carbons (Fsp3) is 0.412. The Morgan fingerprint density at radius 2 is 1.75 bits per heavy atom. The second kappa shape index (κ2) is 5.13. The van der Waals surface area contributed by atoms with Gasteiger partial charge in [0.2, 0.25) is 0 Å². The number of fused-ring (bicyclic) bond motifs is 1. The van der Waals surface area contributed by atoms with Crippen LogP contribution in [0.4, 0.5) is 5.82 Å². The van der Waals surface area contributed by atoms with Crippen LogP contribution in [0.2, 0.25) is 0 Å². The molecule has 20 heavy (non-hydrogen) atoms. The molecule has 0 amide bonds. The molecule has 0 N–H and O–H groups in total. The Labute approximate surface area is 119 Å². The van der Waals surface area contributed by atoms with Gasteiger partial charge in [0.05, 0.1) is 11.1 Å². The first kappa shape index (κ1) is 12.9. The van der Waals surface area contributed by atoms with Gasteiger partial charge in [-0.1, -0.05) is 0 Å². The lowest BCUT2D eigenvalue weighted by molar-refractivity contribution is 0.573. The molecule has 2 heterocycles. The normalized spacial score (nSPS) is 15.3. The van der Waals surface area contributed by atoms with Crippen molar-refractivity contribution in [2.24, 2.45) is 0 Å². The molecule has 0 spiro atoms. The maximum atomic E-state index is 9.42. The number of rotatable bonds is 1. The lowest BCUT2D eigenvalue weighted by Crippen LogP contribution is -2.30. The molecule has 0 aliphatic carbocycles. The number of pyridine rings is 1. The highest BCUT2D eigenvalue weighted by Gasteiger charge is 2.17. The van der Waals surface area contributed by atoms with E-state index in [0.29, 0.717) is 5.56 Å². The van der Waals surface area contributed by atoms with Crippen LogP contribution in [-0.2, 0) is 0 Å². The summed E-state index contributed by atoms with van der Waals surface area (Å²) in [5, 5.41) is 10.5. The Balaban J connectivity index is 2.15. The summed E-state index contributed by atoms with van der Waals surface area (Å²) in [6.45, 7) is 6.23. The van der Waals surface area contributed by atoms with Crippen molar-refractivity contribution < 1.29 is 0 Å². The van der Waals surface area contributed by atoms with E-state index in [2.05, 4.69) is 36.9 Å². The molecule has 1 aromatic heterocycles. The van der Waals surface area contributed by atoms with Crippen LogP contribution in [0.5, 0.6) is 0 Å². The molecule has 0 atom stereocenters. The van der Waals surface area contributed by atoms with Crippen LogP contribution in [0.3, 0.4) is 0 Å². The van der Waals surface area contributed by atoms with Crippen LogP contribution in [0.15, 0.2) is 18.2 Å². The number of piperidine rings is 1. The van der Waals surface area contributed by atoms with Gasteiger partial charge in [-0.3, -0.25) is 0 Å². The van der Waals surface area contributed by atoms with Gasteiger partial charge < -0.3 is 4.90 Å². The summed E-state index contributed by atoms with van der Waals surface area (Å²) in [5.74, 6) is 0.864. The van der Waals surface area contributed by atoms with E-state index in [-0.39, 0.29) is 0 Å². The summed E-state index contributed by atoms with van der Waals surface area (Å²) >= 11 is 0. The number of nitrogens with zero attached hydrogens (tertiary/aromatic N) is 3. The smallest absolute Gasteiger partial charge is 0.147 e. The second-order valence-electron chi connectivity index (χ2n) is 5.65. The molecule has 1 saturated heterocycles. The lowest BCUT2D eigenvalue weighted by atomic mass is 10.0. The number of benzene rings is 1. The molecule has 0 radical (unpaired) electrons. The van der Waals surface area contributed by atoms with Crippen molar-refractivity contribution in [2.45, 2.75) is 33.1 Å². The van der Waals surface area contributed by atoms with Crippen LogP contribution in [0.25, 0.3) is 10.9 Å². The lowest BCUT2D eigenvalue weighted by Gasteiger charge is -2.28. The molecule has 3 rings (SSSR count). The van der Waals surface area contributed by atoms with Gasteiger partial charge in [-0.25, -0.2) is 4.98 Å². The molecular weight excluding hydrogens is 246 g/mol. The van der Waals surface area contributed by atoms with Gasteiger partial charge in [0.1, 0.15) is 11.9 Å². The van der Waals surface area contributed by atoms with E-state index in [1.807, 2.05) is 6.07 Å². The zero-order valence-corrected chi connectivity index (χ0v) is 12.1. The molecular formula is C17H19N3. The first-order valence-corrected chi connectivity index (χ1v) is 7.26. The molecule has 0 unspecified atom stereocenters. The third kappa shape index (κ3) is 2.22. The highest BCUT2D eigenvalue weighted by Crippen LogP contribution is 2.27. The summed E-state index contributed by atoms with van der Waals surface area (Å²) < 4.78 is 0. The molecule has 3 heteroatoms. The molecule has 0 saturated carbocycles. The molecule has 102 valence electrons. The summed E-state index contributed by atoms with van der Waals surface area (Å²) in [5.41, 5.74) is 4.18. The summed E-state index contributed by atoms with van der Waals surface area (Å²) in [7, 11) is 0. The Kier molecular flexibility index (Phi) is 3.31. The van der Waals surface area contributed by atoms with E-state index in [1.54, 1.807) is 0 Å². The highest BCUT2D eigenvalue weighted by molar-refractivity contribution is 5.84. The van der Waals surface area contributed by atoms with Crippen molar-refractivity contribution in [2.75, 3.05) is 18.0 Å². The van der Waals surface area contributed by atoms with Crippen LogP contribution >= 0.6 is 0 Å². The minimum Gasteiger partial charge on any atom is -0.356 e. The number of anilines is 1. The molecule has 3 nitrogen and oxygen atoms in total. The van der Waals surface area contributed by atoms with Gasteiger partial charge in [0, 0.05) is 18.5 Å². The highest BCUT2D eigenvalue weighted by atomic mass is 15.2. The maximum Gasteiger partial charge on any atom is 0.147 e. The van der Waals surface area contributed by atoms with E-state index in [1.165, 1.54) is 30.4 Å². The summed E-state index contributed by atoms with van der Waals surface area (Å²) in [6.07, 6.45) is 3.67. The third-order valence-electron chi connectivity index (χ3n) is 4.19. The molecule has 1 aliphatic heterocycles. The van der Waals surface area contributed by atoms with E-state index in [9.17, 15) is 5.26 Å². The number of aryl methyl sites for hydroxylation is 2. The third-order valence-corrected chi connectivity index (χ3v) is 4.19. The van der Waals surface area contributed by atoms with Crippen LogP contribution in [0.1, 0.15) is 36.0 Å². The Morgan fingerprint density at radius 1 is 1.05 bits per heavy atom. The fourth-order valence-electron chi connectivity index (χ4n) is 2.86. The zero-order valence-electron chi connectivity index (χ0n) is 12.1. The van der Waals surface area contributed by atoms with E-state index < -0.39 is 0 Å². The summed E-state index contributed by atoms with van der Waals surface area (Å²) in [4.78, 5) is 7.04. The minimum absolute atomic E-state index is 0.697. The van der Waals surface area contributed by atoms with Gasteiger partial charge in [-0.15, -0.1) is 0 Å². The Bertz CT molecular complexity index is 691. The van der Waals surface area contributed by atoms with Gasteiger partial charge in [0.15, 0.2) is 0 Å². The Hall–Kier alpha value is -2.08. The predicted molar refractivity (Wildman–Crippen MR) is 82.0 cm³/mol. The quantitative estimate of drug-likeness (QED) is 0.789. The number of hydrogen-bond acceptors (Lipinski definition) is 3. The van der Waals surface area contributed by atoms with Crippen molar-refractivity contribution in [1.82, 2.24) is 4.98 Å². The van der Waals surface area contributed by atoms with Crippen molar-refractivity contribution in [3.05, 3.63) is 34.9 Å². The molecule has 1 fully saturated rings. The second-order valence-corrected chi connectivity index (χ2v) is 5.65. The summed E-state index contributed by atoms with van der Waals surface area (Å²) in [6, 6.07) is 8.55. The number of nitriles is 1. The maximum absolute atomic E-state index is 9.42. The average Bonchev–Trinajstić information content (AvgIpc) is 2.48. The van der Waals surface area contributed by atoms with E-state index in [0.717, 1.165) is 29.8 Å². The van der Waals surface area contributed by atoms with Gasteiger partial charge in [-0.05, 0) is 62.4 Å². The van der Waals surface area contributed by atoms with E-state index in [4.69, 9.17) is 4.98 Å². The van der Waals surface area contributed by atoms with Crippen molar-refractivity contribution in [3.8, 4) is 6.07 Å². The van der Waals surface area contributed by atoms with Gasteiger partial charge >= 0.3 is 0 Å². The first-order valence-electron chi connectivity index (χ1n) is 7.26. The topological polar surface area (TPSA) is 39.9 Å². The largest absolute Gasteiger partial charge is 0.356 e. The molecule has 1 aliphatic rings. The van der Waals surface area contributed by atoms with Gasteiger partial charge in [0.25, 0.3) is 0 Å². The number of aromatic nitrogens is 1. The SMILES string of the molecule is Cc1cc2cc(C#N)c(N3CCCCC3)nc2cc1C. The molecule has 0 bridgehead atoms. The Morgan fingerprint density at radius 3 is 2.45 bits per heavy atom. The molecule has 2 aromatic rings. The van der Waals surface area contributed by atoms with Crippen LogP contribution in [-0.4, -0.2) is 18.1 Å². The first-order chi connectivity index (χ1) is 9.69. The standard InChI is InChI=1S/C17H19N3/c1-12-8-14-10-15(11-18)17(19-16(14)9-13(12)2)20-6-4-3-5-7-20/h8-10H,3-7H2,1-2H3. The van der Waals surface area contributed by atoms with Gasteiger partial charge in [-0.2, -0.15) is 5.26 Å². The molecule has 1 aromatic carbocycles. The van der Waals surface area contributed by atoms with Crippen LogP contribution < -0.4 is 4.90 Å². The van der Waals surface area contributed by atoms with E-state index >= 15 is 0 Å².